The molecule has 0 spiro atoms. The average molecular weight is 440 g/mol. The monoisotopic (exact) mass is 439 g/mol. The van der Waals surface area contributed by atoms with Crippen molar-refractivity contribution in [1.82, 2.24) is 4.98 Å². The van der Waals surface area contributed by atoms with Gasteiger partial charge in [-0.1, -0.05) is 18.2 Å². The molecule has 154 valence electrons. The van der Waals surface area contributed by atoms with E-state index >= 15 is 0 Å². The van der Waals surface area contributed by atoms with E-state index in [-0.39, 0.29) is 10.8 Å². The fraction of sp³-hybridized carbons (Fsp3) is 0.182. The number of thioether (sulfide) groups is 1. The zero-order chi connectivity index (χ0) is 21.1. The van der Waals surface area contributed by atoms with Gasteiger partial charge in [0.05, 0.1) is 16.1 Å². The molecule has 0 fully saturated rings. The molecule has 1 aliphatic heterocycles. The molecule has 0 saturated heterocycles. The summed E-state index contributed by atoms with van der Waals surface area (Å²) in [6.45, 7) is 0.433. The number of carbonyl (C=O) groups is 1. The van der Waals surface area contributed by atoms with E-state index in [0.717, 1.165) is 18.4 Å². The van der Waals surface area contributed by atoms with Crippen molar-refractivity contribution >= 4 is 39.1 Å². The molecule has 1 aliphatic rings. The van der Waals surface area contributed by atoms with Crippen LogP contribution in [0.4, 0.5) is 11.4 Å². The summed E-state index contributed by atoms with van der Waals surface area (Å²) in [5.74, 6) is -0.239. The predicted octanol–water partition coefficient (Wildman–Crippen LogP) is 4.20. The number of hydrogen-bond donors (Lipinski definition) is 1. The molecule has 2 aromatic carbocycles. The summed E-state index contributed by atoms with van der Waals surface area (Å²) in [4.78, 5) is 17.2. The van der Waals surface area contributed by atoms with E-state index in [4.69, 9.17) is 0 Å². The van der Waals surface area contributed by atoms with Gasteiger partial charge in [0.15, 0.2) is 0 Å². The van der Waals surface area contributed by atoms with Crippen LogP contribution in [0.2, 0.25) is 0 Å². The Kier molecular flexibility index (Phi) is 5.78. The van der Waals surface area contributed by atoms with Crippen LogP contribution in [0.25, 0.3) is 0 Å². The highest BCUT2D eigenvalue weighted by Crippen LogP contribution is 2.34. The van der Waals surface area contributed by atoms with E-state index in [1.54, 1.807) is 60.8 Å². The van der Waals surface area contributed by atoms with Gasteiger partial charge in [0, 0.05) is 18.4 Å². The lowest BCUT2D eigenvalue weighted by Gasteiger charge is -2.31. The van der Waals surface area contributed by atoms with Crippen LogP contribution in [-0.4, -0.2) is 32.1 Å². The Balaban J connectivity index is 1.62. The number of fused-ring (bicyclic) bond motifs is 1. The van der Waals surface area contributed by atoms with Gasteiger partial charge in [-0.25, -0.2) is 13.4 Å². The van der Waals surface area contributed by atoms with E-state index < -0.39 is 10.0 Å². The minimum Gasteiger partial charge on any atom is -0.322 e. The highest BCUT2D eigenvalue weighted by molar-refractivity contribution is 7.98. The molecule has 3 aromatic rings. The number of amides is 1. The molecular weight excluding hydrogens is 418 g/mol. The van der Waals surface area contributed by atoms with E-state index in [2.05, 4.69) is 10.3 Å². The number of aromatic nitrogens is 1. The minimum atomic E-state index is -3.63. The predicted molar refractivity (Wildman–Crippen MR) is 120 cm³/mol. The lowest BCUT2D eigenvalue weighted by atomic mass is 10.0. The fourth-order valence-corrected chi connectivity index (χ4v) is 5.64. The maximum absolute atomic E-state index is 13.1. The second-order valence-electron chi connectivity index (χ2n) is 6.85. The summed E-state index contributed by atoms with van der Waals surface area (Å²) < 4.78 is 27.7. The van der Waals surface area contributed by atoms with Crippen molar-refractivity contribution in [1.29, 1.82) is 0 Å². The largest absolute Gasteiger partial charge is 0.322 e. The molecule has 2 heterocycles. The Hall–Kier alpha value is -2.84. The van der Waals surface area contributed by atoms with Crippen molar-refractivity contribution in [3.63, 3.8) is 0 Å². The van der Waals surface area contributed by atoms with Crippen molar-refractivity contribution in [3.8, 4) is 0 Å². The van der Waals surface area contributed by atoms with Gasteiger partial charge in [-0.05, 0) is 67.1 Å². The van der Waals surface area contributed by atoms with Crippen molar-refractivity contribution < 1.29 is 13.2 Å². The summed E-state index contributed by atoms with van der Waals surface area (Å²) in [5, 5.41) is 3.57. The molecule has 1 N–H and O–H groups in total. The van der Waals surface area contributed by atoms with Crippen LogP contribution >= 0.6 is 11.8 Å². The van der Waals surface area contributed by atoms with Gasteiger partial charge in [0.2, 0.25) is 0 Å². The molecule has 0 bridgehead atoms. The third-order valence-electron chi connectivity index (χ3n) is 4.95. The van der Waals surface area contributed by atoms with Crippen molar-refractivity contribution in [2.45, 2.75) is 22.8 Å². The van der Waals surface area contributed by atoms with Gasteiger partial charge in [-0.15, -0.1) is 11.8 Å². The Morgan fingerprint density at radius 2 is 1.90 bits per heavy atom. The number of aryl methyl sites for hydroxylation is 1. The zero-order valence-corrected chi connectivity index (χ0v) is 18.0. The Bertz CT molecular complexity index is 1180. The summed E-state index contributed by atoms with van der Waals surface area (Å²) in [5.41, 5.74) is 2.70. The van der Waals surface area contributed by atoms with E-state index in [9.17, 15) is 13.2 Å². The summed E-state index contributed by atoms with van der Waals surface area (Å²) in [7, 11) is -3.63. The first-order valence-electron chi connectivity index (χ1n) is 9.52. The summed E-state index contributed by atoms with van der Waals surface area (Å²) in [6.07, 6.45) is 5.00. The number of nitrogens with one attached hydrogen (secondary N) is 1. The lowest BCUT2D eigenvalue weighted by Crippen LogP contribution is -2.35. The number of hydrogen-bond acceptors (Lipinski definition) is 5. The fourth-order valence-electron chi connectivity index (χ4n) is 3.53. The van der Waals surface area contributed by atoms with Crippen LogP contribution in [0.15, 0.2) is 76.8 Å². The smallest absolute Gasteiger partial charge is 0.264 e. The maximum Gasteiger partial charge on any atom is 0.264 e. The average Bonchev–Trinajstić information content (AvgIpc) is 2.79. The molecule has 0 saturated carbocycles. The quantitative estimate of drug-likeness (QED) is 0.603. The lowest BCUT2D eigenvalue weighted by molar-refractivity contribution is 0.102. The normalized spacial score (nSPS) is 13.6. The van der Waals surface area contributed by atoms with Crippen LogP contribution in [0.1, 0.15) is 22.3 Å². The number of carbonyl (C=O) groups excluding carboxylic acids is 1. The number of pyridine rings is 1. The second-order valence-corrected chi connectivity index (χ2v) is 9.51. The van der Waals surface area contributed by atoms with Crippen LogP contribution in [0.3, 0.4) is 0 Å². The van der Waals surface area contributed by atoms with Crippen molar-refractivity contribution in [2.75, 3.05) is 22.4 Å². The van der Waals surface area contributed by atoms with Gasteiger partial charge in [0.25, 0.3) is 15.9 Å². The molecule has 6 nitrogen and oxygen atoms in total. The number of benzene rings is 2. The highest BCUT2D eigenvalue weighted by Gasteiger charge is 2.29. The molecule has 8 heteroatoms. The zero-order valence-electron chi connectivity index (χ0n) is 16.4. The van der Waals surface area contributed by atoms with Gasteiger partial charge in [0.1, 0.15) is 5.03 Å². The Labute approximate surface area is 180 Å². The van der Waals surface area contributed by atoms with Crippen LogP contribution in [-0.2, 0) is 16.4 Å². The minimum absolute atomic E-state index is 0.239. The molecule has 1 aromatic heterocycles. The molecule has 0 unspecified atom stereocenters. The molecule has 30 heavy (non-hydrogen) atoms. The first-order valence-corrected chi connectivity index (χ1v) is 12.2. The standard InChI is InChI=1S/C22H21N3O3S2/c1-29-22-19(10-5-13-23-22)21(26)24-17-11-12-20-16(15-17)7-6-14-25(20)30(27,28)18-8-3-2-4-9-18/h2-5,8-13,15H,6-7,14H2,1H3,(H,24,26). The maximum atomic E-state index is 13.1. The SMILES string of the molecule is CSc1ncccc1C(=O)Nc1ccc2c(c1)CCCN2S(=O)(=O)c1ccccc1. The third kappa shape index (κ3) is 3.93. The molecule has 0 aliphatic carbocycles. The van der Waals surface area contributed by atoms with E-state index in [0.29, 0.717) is 28.5 Å². The summed E-state index contributed by atoms with van der Waals surface area (Å²) in [6, 6.07) is 17.3. The molecule has 4 rings (SSSR count). The van der Waals surface area contributed by atoms with Crippen LogP contribution < -0.4 is 9.62 Å². The van der Waals surface area contributed by atoms with Crippen LogP contribution in [0.5, 0.6) is 0 Å². The summed E-state index contributed by atoms with van der Waals surface area (Å²) >= 11 is 1.41. The molecule has 0 radical (unpaired) electrons. The second kappa shape index (κ2) is 8.49. The third-order valence-corrected chi connectivity index (χ3v) is 7.49. The van der Waals surface area contributed by atoms with E-state index in [1.165, 1.54) is 16.1 Å². The molecule has 0 atom stereocenters. The number of anilines is 2. The van der Waals surface area contributed by atoms with Crippen molar-refractivity contribution in [2.24, 2.45) is 0 Å². The number of rotatable bonds is 5. The number of nitrogens with zero attached hydrogens (tertiary/aromatic N) is 2. The highest BCUT2D eigenvalue weighted by atomic mass is 32.2. The Morgan fingerprint density at radius 3 is 2.67 bits per heavy atom. The van der Waals surface area contributed by atoms with Crippen molar-refractivity contribution in [3.05, 3.63) is 78.0 Å². The van der Waals surface area contributed by atoms with Gasteiger partial charge < -0.3 is 5.32 Å². The Morgan fingerprint density at radius 1 is 1.10 bits per heavy atom. The first-order chi connectivity index (χ1) is 14.5. The van der Waals surface area contributed by atoms with E-state index in [1.807, 2.05) is 12.3 Å². The topological polar surface area (TPSA) is 79.4 Å². The molecule has 1 amide bonds. The number of sulfonamides is 1. The molecular formula is C22H21N3O3S2. The van der Waals surface area contributed by atoms with Gasteiger partial charge >= 0.3 is 0 Å². The van der Waals surface area contributed by atoms with Gasteiger partial charge in [-0.3, -0.25) is 9.10 Å². The van der Waals surface area contributed by atoms with Gasteiger partial charge in [-0.2, -0.15) is 0 Å². The first kappa shape index (κ1) is 20.4. The van der Waals surface area contributed by atoms with Crippen LogP contribution in [0, 0.1) is 0 Å².